The van der Waals surface area contributed by atoms with Crippen LogP contribution in [0.1, 0.15) is 39.6 Å². The van der Waals surface area contributed by atoms with Crippen LogP contribution in [0.25, 0.3) is 10.9 Å². The fourth-order valence-electron chi connectivity index (χ4n) is 3.79. The predicted octanol–water partition coefficient (Wildman–Crippen LogP) is 4.65. The largest absolute Gasteiger partial charge is 0.358 e. The number of hydrogen-bond acceptors (Lipinski definition) is 1. The molecule has 0 saturated heterocycles. The van der Waals surface area contributed by atoms with Gasteiger partial charge in [-0.05, 0) is 31.0 Å². The van der Waals surface area contributed by atoms with E-state index in [1.807, 2.05) is 35.2 Å². The molecule has 4 heteroatoms. The van der Waals surface area contributed by atoms with Crippen LogP contribution in [-0.4, -0.2) is 28.2 Å². The summed E-state index contributed by atoms with van der Waals surface area (Å²) in [5.41, 5.74) is 5.31. The van der Waals surface area contributed by atoms with Crippen LogP contribution in [-0.2, 0) is 0 Å². The molecule has 1 aromatic heterocycles. The summed E-state index contributed by atoms with van der Waals surface area (Å²) in [5.74, 6) is 0.657. The highest BCUT2D eigenvalue weighted by atomic mass is 35.5. The van der Waals surface area contributed by atoms with Crippen LogP contribution < -0.4 is 0 Å². The van der Waals surface area contributed by atoms with E-state index in [0.717, 1.165) is 28.8 Å². The minimum atomic E-state index is -0.0481. The van der Waals surface area contributed by atoms with Gasteiger partial charge < -0.3 is 9.88 Å². The second-order valence-corrected chi connectivity index (χ2v) is 6.62. The van der Waals surface area contributed by atoms with E-state index in [1.165, 1.54) is 10.9 Å². The van der Waals surface area contributed by atoms with Gasteiger partial charge in [-0.1, -0.05) is 36.4 Å². The van der Waals surface area contributed by atoms with Crippen molar-refractivity contribution in [2.75, 3.05) is 12.4 Å². The highest BCUT2D eigenvalue weighted by Crippen LogP contribution is 2.42. The number of amides is 1. The van der Waals surface area contributed by atoms with E-state index in [-0.39, 0.29) is 11.9 Å². The van der Waals surface area contributed by atoms with Gasteiger partial charge >= 0.3 is 0 Å². The summed E-state index contributed by atoms with van der Waals surface area (Å²) in [4.78, 5) is 18.4. The molecule has 0 fully saturated rings. The molecule has 1 atom stereocenters. The number of carbonyl (C=O) groups excluding carboxylic acids is 1. The quantitative estimate of drug-likeness (QED) is 0.690. The van der Waals surface area contributed by atoms with E-state index in [0.29, 0.717) is 12.4 Å². The van der Waals surface area contributed by atoms with Gasteiger partial charge in [0.05, 0.1) is 6.04 Å². The van der Waals surface area contributed by atoms with Crippen LogP contribution in [0.15, 0.2) is 48.5 Å². The number of alkyl halides is 1. The molecule has 0 radical (unpaired) electrons. The molecule has 4 rings (SSSR count). The number of hydrogen-bond donors (Lipinski definition) is 1. The number of carbonyl (C=O) groups is 1. The number of nitrogens with one attached hydrogen (secondary N) is 1. The van der Waals surface area contributed by atoms with Gasteiger partial charge in [0.15, 0.2) is 0 Å². The van der Waals surface area contributed by atoms with Crippen LogP contribution in [0, 0.1) is 6.92 Å². The SMILES string of the molecule is Cc1[nH]c2ccccc2c1[C@H]1c2ccccc2C(=O)N1CCCCl. The molecule has 1 N–H and O–H groups in total. The first-order valence-corrected chi connectivity index (χ1v) is 8.79. The Hall–Kier alpha value is -2.26. The summed E-state index contributed by atoms with van der Waals surface area (Å²) in [6.07, 6.45) is 0.791. The predicted molar refractivity (Wildman–Crippen MR) is 97.7 cm³/mol. The number of aryl methyl sites for hydroxylation is 1. The van der Waals surface area contributed by atoms with Gasteiger partial charge in [-0.2, -0.15) is 0 Å². The molecule has 2 aromatic carbocycles. The number of halogens is 1. The second-order valence-electron chi connectivity index (χ2n) is 6.24. The Kier molecular flexibility index (Phi) is 3.81. The van der Waals surface area contributed by atoms with Gasteiger partial charge in [-0.3, -0.25) is 4.79 Å². The second kappa shape index (κ2) is 5.99. The summed E-state index contributed by atoms with van der Waals surface area (Å²) in [6.45, 7) is 2.75. The van der Waals surface area contributed by atoms with E-state index in [9.17, 15) is 4.79 Å². The molecule has 0 unspecified atom stereocenters. The van der Waals surface area contributed by atoms with E-state index >= 15 is 0 Å². The van der Waals surface area contributed by atoms with Crippen LogP contribution >= 0.6 is 11.6 Å². The van der Waals surface area contributed by atoms with E-state index in [1.54, 1.807) is 0 Å². The number of H-pyrrole nitrogens is 1. The molecule has 3 nitrogen and oxygen atoms in total. The third-order valence-electron chi connectivity index (χ3n) is 4.81. The Bertz CT molecular complexity index is 915. The summed E-state index contributed by atoms with van der Waals surface area (Å²) in [7, 11) is 0. The molecule has 24 heavy (non-hydrogen) atoms. The van der Waals surface area contributed by atoms with E-state index in [4.69, 9.17) is 11.6 Å². The average Bonchev–Trinajstić information content (AvgIpc) is 3.07. The maximum absolute atomic E-state index is 12.9. The van der Waals surface area contributed by atoms with Gasteiger partial charge in [0.25, 0.3) is 5.91 Å². The number of rotatable bonds is 4. The fourth-order valence-corrected chi connectivity index (χ4v) is 3.91. The van der Waals surface area contributed by atoms with Crippen molar-refractivity contribution in [2.45, 2.75) is 19.4 Å². The van der Waals surface area contributed by atoms with Gasteiger partial charge in [0, 0.05) is 40.1 Å². The summed E-state index contributed by atoms with van der Waals surface area (Å²) < 4.78 is 0. The molecule has 122 valence electrons. The standard InChI is InChI=1S/C20H19ClN2O/c1-13-18(16-9-4-5-10-17(16)22-13)19-14-7-2-3-8-15(14)20(24)23(19)12-6-11-21/h2-5,7-10,19,22H,6,11-12H2,1H3/t19-/m1/s1. The van der Waals surface area contributed by atoms with Crippen molar-refractivity contribution in [3.8, 4) is 0 Å². The molecule has 1 aliphatic heterocycles. The minimum absolute atomic E-state index is 0.0481. The average molecular weight is 339 g/mol. The van der Waals surface area contributed by atoms with E-state index < -0.39 is 0 Å². The topological polar surface area (TPSA) is 36.1 Å². The maximum Gasteiger partial charge on any atom is 0.255 e. The van der Waals surface area contributed by atoms with Gasteiger partial charge in [0.2, 0.25) is 0 Å². The smallest absolute Gasteiger partial charge is 0.255 e. The monoisotopic (exact) mass is 338 g/mol. The maximum atomic E-state index is 12.9. The van der Waals surface area contributed by atoms with Gasteiger partial charge in [0.1, 0.15) is 0 Å². The van der Waals surface area contributed by atoms with Crippen molar-refractivity contribution >= 4 is 28.4 Å². The minimum Gasteiger partial charge on any atom is -0.358 e. The highest BCUT2D eigenvalue weighted by Gasteiger charge is 2.38. The number of aromatic amines is 1. The fraction of sp³-hybridized carbons (Fsp3) is 0.250. The molecule has 2 heterocycles. The Morgan fingerprint density at radius 1 is 1.12 bits per heavy atom. The van der Waals surface area contributed by atoms with Crippen LogP contribution in [0.5, 0.6) is 0 Å². The van der Waals surface area contributed by atoms with Crippen molar-refractivity contribution in [3.05, 3.63) is 70.9 Å². The number of para-hydroxylation sites is 1. The Labute approximate surface area is 146 Å². The van der Waals surface area contributed by atoms with Gasteiger partial charge in [-0.15, -0.1) is 11.6 Å². The first kappa shape index (κ1) is 15.3. The number of benzene rings is 2. The lowest BCUT2D eigenvalue weighted by Crippen LogP contribution is -2.30. The third-order valence-corrected chi connectivity index (χ3v) is 5.08. The zero-order valence-electron chi connectivity index (χ0n) is 13.6. The normalized spacial score (nSPS) is 16.8. The molecular weight excluding hydrogens is 320 g/mol. The lowest BCUT2D eigenvalue weighted by Gasteiger charge is -2.26. The lowest BCUT2D eigenvalue weighted by molar-refractivity contribution is 0.0751. The first-order chi connectivity index (χ1) is 11.7. The molecule has 0 bridgehead atoms. The third kappa shape index (κ3) is 2.23. The molecule has 3 aromatic rings. The number of fused-ring (bicyclic) bond motifs is 2. The Morgan fingerprint density at radius 2 is 1.88 bits per heavy atom. The van der Waals surface area contributed by atoms with Crippen molar-refractivity contribution in [3.63, 3.8) is 0 Å². The number of aromatic nitrogens is 1. The molecule has 1 aliphatic rings. The number of nitrogens with zero attached hydrogens (tertiary/aromatic N) is 1. The first-order valence-electron chi connectivity index (χ1n) is 8.25. The molecule has 0 spiro atoms. The molecule has 0 aliphatic carbocycles. The van der Waals surface area contributed by atoms with Crippen molar-refractivity contribution in [2.24, 2.45) is 0 Å². The van der Waals surface area contributed by atoms with Crippen molar-refractivity contribution in [1.82, 2.24) is 9.88 Å². The van der Waals surface area contributed by atoms with Crippen molar-refractivity contribution in [1.29, 1.82) is 0 Å². The zero-order chi connectivity index (χ0) is 16.7. The highest BCUT2D eigenvalue weighted by molar-refractivity contribution is 6.17. The lowest BCUT2D eigenvalue weighted by atomic mass is 9.95. The summed E-state index contributed by atoms with van der Waals surface area (Å²) >= 11 is 5.89. The van der Waals surface area contributed by atoms with Gasteiger partial charge in [-0.25, -0.2) is 0 Å². The Morgan fingerprint density at radius 3 is 2.71 bits per heavy atom. The van der Waals surface area contributed by atoms with Crippen LogP contribution in [0.3, 0.4) is 0 Å². The van der Waals surface area contributed by atoms with Crippen molar-refractivity contribution < 1.29 is 4.79 Å². The molecule has 0 saturated carbocycles. The van der Waals surface area contributed by atoms with Crippen LogP contribution in [0.2, 0.25) is 0 Å². The molecule has 1 amide bonds. The Balaban J connectivity index is 1.92. The summed E-state index contributed by atoms with van der Waals surface area (Å²) in [6, 6.07) is 16.2. The zero-order valence-corrected chi connectivity index (χ0v) is 14.3. The molecular formula is C20H19ClN2O. The van der Waals surface area contributed by atoms with E-state index in [2.05, 4.69) is 30.1 Å². The van der Waals surface area contributed by atoms with Crippen LogP contribution in [0.4, 0.5) is 0 Å². The summed E-state index contributed by atoms with van der Waals surface area (Å²) in [5, 5.41) is 1.18.